The molecule has 2 N–H and O–H groups in total. The Morgan fingerprint density at radius 1 is 1.22 bits per heavy atom. The molecule has 0 unspecified atom stereocenters. The molecule has 0 radical (unpaired) electrons. The average Bonchev–Trinajstić information content (AvgIpc) is 2.75. The summed E-state index contributed by atoms with van der Waals surface area (Å²) in [5, 5.41) is 0.629. The number of methoxy groups -OCH3 is 2. The van der Waals surface area contributed by atoms with Crippen LogP contribution >= 0.6 is 27.5 Å². The highest BCUT2D eigenvalue weighted by Gasteiger charge is 2.37. The highest BCUT2D eigenvalue weighted by Crippen LogP contribution is 2.50. The molecule has 0 heterocycles. The Morgan fingerprint density at radius 3 is 2.28 bits per heavy atom. The molecule has 1 saturated carbocycles. The minimum Gasteiger partial charge on any atom is -0.492 e. The van der Waals surface area contributed by atoms with Crippen LogP contribution in [0.5, 0.6) is 11.5 Å². The quantitative estimate of drug-likeness (QED) is 0.913. The first kappa shape index (κ1) is 14.0. The summed E-state index contributed by atoms with van der Waals surface area (Å²) in [6.07, 6.45) is 4.09. The molecule has 18 heavy (non-hydrogen) atoms. The van der Waals surface area contributed by atoms with Crippen LogP contribution in [0.1, 0.15) is 31.2 Å². The lowest BCUT2D eigenvalue weighted by Crippen LogP contribution is -2.34. The maximum atomic E-state index is 6.50. The highest BCUT2D eigenvalue weighted by molar-refractivity contribution is 9.10. The first-order valence-electron chi connectivity index (χ1n) is 5.93. The van der Waals surface area contributed by atoms with Gasteiger partial charge in [0.05, 0.1) is 23.7 Å². The van der Waals surface area contributed by atoms with Crippen LogP contribution in [0.2, 0.25) is 5.02 Å². The Balaban J connectivity index is 2.65. The third-order valence-corrected chi connectivity index (χ3v) is 4.43. The van der Waals surface area contributed by atoms with Gasteiger partial charge >= 0.3 is 0 Å². The van der Waals surface area contributed by atoms with Gasteiger partial charge in [-0.2, -0.15) is 0 Å². The Morgan fingerprint density at radius 2 is 1.78 bits per heavy atom. The molecule has 2 rings (SSSR count). The zero-order chi connectivity index (χ0) is 13.3. The van der Waals surface area contributed by atoms with Gasteiger partial charge in [0.1, 0.15) is 0 Å². The molecule has 0 saturated heterocycles. The van der Waals surface area contributed by atoms with Crippen LogP contribution in [-0.2, 0) is 5.54 Å². The van der Waals surface area contributed by atoms with Crippen molar-refractivity contribution in [2.75, 3.05) is 14.2 Å². The lowest BCUT2D eigenvalue weighted by Gasteiger charge is -2.28. The number of hydrogen-bond acceptors (Lipinski definition) is 3. The number of benzene rings is 1. The lowest BCUT2D eigenvalue weighted by atomic mass is 9.88. The highest BCUT2D eigenvalue weighted by atomic mass is 79.9. The van der Waals surface area contributed by atoms with Gasteiger partial charge in [0.15, 0.2) is 11.5 Å². The van der Waals surface area contributed by atoms with Gasteiger partial charge in [-0.25, -0.2) is 0 Å². The van der Waals surface area contributed by atoms with Crippen molar-refractivity contribution in [3.63, 3.8) is 0 Å². The van der Waals surface area contributed by atoms with E-state index in [4.69, 9.17) is 26.8 Å². The Labute approximate surface area is 121 Å². The molecule has 1 aromatic carbocycles. The van der Waals surface area contributed by atoms with Gasteiger partial charge < -0.3 is 15.2 Å². The predicted octanol–water partition coefficient (Wildman–Crippen LogP) is 3.85. The molecule has 0 aliphatic heterocycles. The van der Waals surface area contributed by atoms with Crippen molar-refractivity contribution < 1.29 is 9.47 Å². The summed E-state index contributed by atoms with van der Waals surface area (Å²) in [5.74, 6) is 1.29. The zero-order valence-corrected chi connectivity index (χ0v) is 12.9. The molecule has 0 bridgehead atoms. The minimum atomic E-state index is -0.406. The summed E-state index contributed by atoms with van der Waals surface area (Å²) in [5.41, 5.74) is 6.95. The van der Waals surface area contributed by atoms with Crippen molar-refractivity contribution in [3.8, 4) is 11.5 Å². The van der Waals surface area contributed by atoms with E-state index >= 15 is 0 Å². The van der Waals surface area contributed by atoms with Gasteiger partial charge in [0.2, 0.25) is 0 Å². The first-order chi connectivity index (χ1) is 8.53. The van der Waals surface area contributed by atoms with Gasteiger partial charge in [0.25, 0.3) is 0 Å². The fourth-order valence-corrected chi connectivity index (χ4v) is 3.77. The fraction of sp³-hybridized carbons (Fsp3) is 0.538. The maximum absolute atomic E-state index is 6.50. The number of hydrogen-bond donors (Lipinski definition) is 1. The summed E-state index contributed by atoms with van der Waals surface area (Å²) in [6, 6.07) is 1.82. The molecule has 0 atom stereocenters. The van der Waals surface area contributed by atoms with Gasteiger partial charge in [-0.1, -0.05) is 24.4 Å². The van der Waals surface area contributed by atoms with E-state index in [1.165, 1.54) is 0 Å². The second-order valence-electron chi connectivity index (χ2n) is 4.64. The van der Waals surface area contributed by atoms with Crippen LogP contribution in [0.3, 0.4) is 0 Å². The summed E-state index contributed by atoms with van der Waals surface area (Å²) in [6.45, 7) is 0. The number of ether oxygens (including phenoxy) is 2. The Kier molecular flexibility index (Phi) is 4.09. The van der Waals surface area contributed by atoms with Gasteiger partial charge in [0, 0.05) is 11.1 Å². The van der Waals surface area contributed by atoms with Crippen LogP contribution in [0.4, 0.5) is 0 Å². The zero-order valence-electron chi connectivity index (χ0n) is 10.6. The van der Waals surface area contributed by atoms with E-state index in [0.717, 1.165) is 35.7 Å². The molecule has 1 aliphatic rings. The molecule has 0 aromatic heterocycles. The second-order valence-corrected chi connectivity index (χ2v) is 5.91. The molecule has 0 spiro atoms. The molecular formula is C13H17BrClNO2. The normalized spacial score (nSPS) is 17.8. The molecule has 1 fully saturated rings. The van der Waals surface area contributed by atoms with E-state index < -0.39 is 5.54 Å². The van der Waals surface area contributed by atoms with E-state index in [9.17, 15) is 0 Å². The maximum Gasteiger partial charge on any atom is 0.175 e. The third-order valence-electron chi connectivity index (χ3n) is 3.54. The van der Waals surface area contributed by atoms with Crippen molar-refractivity contribution in [2.45, 2.75) is 31.2 Å². The Bertz CT molecular complexity index is 459. The van der Waals surface area contributed by atoms with Crippen LogP contribution < -0.4 is 15.2 Å². The average molecular weight is 335 g/mol. The van der Waals surface area contributed by atoms with Crippen LogP contribution in [0.15, 0.2) is 10.5 Å². The molecule has 1 aliphatic carbocycles. The van der Waals surface area contributed by atoms with Crippen molar-refractivity contribution in [2.24, 2.45) is 5.73 Å². The largest absolute Gasteiger partial charge is 0.492 e. The molecule has 1 aromatic rings. The topological polar surface area (TPSA) is 44.5 Å². The fourth-order valence-electron chi connectivity index (χ4n) is 2.68. The third kappa shape index (κ3) is 2.22. The summed E-state index contributed by atoms with van der Waals surface area (Å²) >= 11 is 9.80. The summed E-state index contributed by atoms with van der Waals surface area (Å²) < 4.78 is 11.6. The van der Waals surface area contributed by atoms with Crippen molar-refractivity contribution in [1.82, 2.24) is 0 Å². The second kappa shape index (κ2) is 5.27. The van der Waals surface area contributed by atoms with Crippen molar-refractivity contribution >= 4 is 27.5 Å². The summed E-state index contributed by atoms with van der Waals surface area (Å²) in [7, 11) is 3.22. The van der Waals surface area contributed by atoms with Crippen molar-refractivity contribution in [3.05, 3.63) is 21.1 Å². The van der Waals surface area contributed by atoms with Crippen LogP contribution in [0, 0.1) is 0 Å². The van der Waals surface area contributed by atoms with Gasteiger partial charge in [-0.15, -0.1) is 0 Å². The lowest BCUT2D eigenvalue weighted by molar-refractivity contribution is 0.336. The molecule has 0 amide bonds. The van der Waals surface area contributed by atoms with E-state index in [0.29, 0.717) is 16.5 Å². The van der Waals surface area contributed by atoms with E-state index in [2.05, 4.69) is 15.9 Å². The van der Waals surface area contributed by atoms with Gasteiger partial charge in [-0.05, 0) is 34.8 Å². The van der Waals surface area contributed by atoms with Gasteiger partial charge in [-0.3, -0.25) is 0 Å². The molecular weight excluding hydrogens is 318 g/mol. The molecule has 5 heteroatoms. The van der Waals surface area contributed by atoms with Crippen LogP contribution in [0.25, 0.3) is 0 Å². The van der Waals surface area contributed by atoms with E-state index in [-0.39, 0.29) is 0 Å². The first-order valence-corrected chi connectivity index (χ1v) is 7.10. The standard InChI is InChI=1S/C13H17BrClNO2/c1-17-11-8(14)7-9(15)10(12(11)18-2)13(16)5-3-4-6-13/h7H,3-6,16H2,1-2H3. The number of rotatable bonds is 3. The SMILES string of the molecule is COc1c(Br)cc(Cl)c(C2(N)CCCC2)c1OC. The molecule has 3 nitrogen and oxygen atoms in total. The Hall–Kier alpha value is -0.450. The number of halogens is 2. The monoisotopic (exact) mass is 333 g/mol. The minimum absolute atomic E-state index is 0.406. The molecule has 100 valence electrons. The smallest absolute Gasteiger partial charge is 0.175 e. The van der Waals surface area contributed by atoms with E-state index in [1.54, 1.807) is 14.2 Å². The van der Waals surface area contributed by atoms with Crippen molar-refractivity contribution in [1.29, 1.82) is 0 Å². The van der Waals surface area contributed by atoms with E-state index in [1.807, 2.05) is 6.07 Å². The summed E-state index contributed by atoms with van der Waals surface area (Å²) in [4.78, 5) is 0. The predicted molar refractivity (Wildman–Crippen MR) is 76.6 cm³/mol. The number of nitrogens with two attached hydrogens (primary N) is 1. The van der Waals surface area contributed by atoms with Crippen LogP contribution in [-0.4, -0.2) is 14.2 Å².